The molecule has 0 atom stereocenters. The van der Waals surface area contributed by atoms with Gasteiger partial charge >= 0.3 is 0 Å². The molecule has 0 aromatic rings. The summed E-state index contributed by atoms with van der Waals surface area (Å²) in [6.45, 7) is 6.54. The van der Waals surface area contributed by atoms with Gasteiger partial charge in [0.25, 0.3) is 0 Å². The first kappa shape index (κ1) is 30.0. The molecule has 1 rings (SSSR count). The first-order chi connectivity index (χ1) is 15.9. The Morgan fingerprint density at radius 1 is 0.375 bits per heavy atom. The Morgan fingerprint density at radius 2 is 0.625 bits per heavy atom. The maximum absolute atomic E-state index is 6.16. The second kappa shape index (κ2) is 24.1. The number of unbranched alkanes of at least 4 members (excludes halogenated alkanes) is 18. The van der Waals surface area contributed by atoms with E-state index >= 15 is 0 Å². The average Bonchev–Trinajstić information content (AvgIpc) is 2.82. The Kier molecular flexibility index (Phi) is 22.5. The molecule has 2 heteroatoms. The van der Waals surface area contributed by atoms with Gasteiger partial charge in [0.2, 0.25) is 0 Å². The van der Waals surface area contributed by atoms with Crippen LogP contribution in [0, 0.1) is 0 Å². The first-order valence-corrected chi connectivity index (χ1v) is 15.1. The lowest BCUT2D eigenvalue weighted by atomic mass is 9.95. The normalized spacial score (nSPS) is 18.9. The summed E-state index contributed by atoms with van der Waals surface area (Å²) in [4.78, 5) is 0. The van der Waals surface area contributed by atoms with Gasteiger partial charge in [-0.2, -0.15) is 0 Å². The van der Waals surface area contributed by atoms with Crippen LogP contribution in [-0.4, -0.2) is 25.4 Å². The Labute approximate surface area is 203 Å². The van der Waals surface area contributed by atoms with Crippen LogP contribution >= 0.6 is 0 Å². The van der Waals surface area contributed by atoms with Gasteiger partial charge in [-0.1, -0.05) is 129 Å². The molecule has 0 aromatic heterocycles. The van der Waals surface area contributed by atoms with Gasteiger partial charge in [-0.25, -0.2) is 0 Å². The zero-order valence-corrected chi connectivity index (χ0v) is 22.4. The number of rotatable bonds is 24. The summed E-state index contributed by atoms with van der Waals surface area (Å²) in [7, 11) is 0. The van der Waals surface area contributed by atoms with Crippen LogP contribution in [0.2, 0.25) is 0 Å². The lowest BCUT2D eigenvalue weighted by Crippen LogP contribution is -2.27. The van der Waals surface area contributed by atoms with Crippen LogP contribution in [0.15, 0.2) is 0 Å². The summed E-state index contributed by atoms with van der Waals surface area (Å²) in [5.74, 6) is 0. The summed E-state index contributed by atoms with van der Waals surface area (Å²) in [5.41, 5.74) is 0. The minimum absolute atomic E-state index is 0.505. The third-order valence-corrected chi connectivity index (χ3v) is 7.32. The number of hydrogen-bond acceptors (Lipinski definition) is 2. The van der Waals surface area contributed by atoms with Gasteiger partial charge < -0.3 is 9.47 Å². The molecule has 0 unspecified atom stereocenters. The Hall–Kier alpha value is -0.0800. The summed E-state index contributed by atoms with van der Waals surface area (Å²) in [6, 6.07) is 0. The predicted molar refractivity (Wildman–Crippen MR) is 142 cm³/mol. The lowest BCUT2D eigenvalue weighted by Gasteiger charge is -2.28. The molecule has 192 valence electrons. The molecule has 0 aromatic carbocycles. The molecule has 1 saturated carbocycles. The van der Waals surface area contributed by atoms with Gasteiger partial charge in [0.05, 0.1) is 12.2 Å². The van der Waals surface area contributed by atoms with Crippen molar-refractivity contribution < 1.29 is 9.47 Å². The fourth-order valence-electron chi connectivity index (χ4n) is 5.04. The summed E-state index contributed by atoms with van der Waals surface area (Å²) in [5, 5.41) is 0. The largest absolute Gasteiger partial charge is 0.378 e. The van der Waals surface area contributed by atoms with E-state index in [-0.39, 0.29) is 0 Å². The van der Waals surface area contributed by atoms with Gasteiger partial charge in [0.15, 0.2) is 0 Å². The molecular formula is C30H60O2. The van der Waals surface area contributed by atoms with Gasteiger partial charge in [0.1, 0.15) is 0 Å². The third-order valence-electron chi connectivity index (χ3n) is 7.32. The zero-order valence-electron chi connectivity index (χ0n) is 22.4. The maximum Gasteiger partial charge on any atom is 0.0577 e. The Balaban J connectivity index is 1.78. The number of ether oxygens (including phenoxy) is 2. The van der Waals surface area contributed by atoms with Gasteiger partial charge in [-0.3, -0.25) is 0 Å². The van der Waals surface area contributed by atoms with Crippen LogP contribution in [-0.2, 0) is 9.47 Å². The highest BCUT2D eigenvalue weighted by atomic mass is 16.5. The van der Waals surface area contributed by atoms with Crippen molar-refractivity contribution in [1.29, 1.82) is 0 Å². The second-order valence-electron chi connectivity index (χ2n) is 10.5. The van der Waals surface area contributed by atoms with E-state index in [1.165, 1.54) is 154 Å². The van der Waals surface area contributed by atoms with Crippen molar-refractivity contribution in [2.45, 2.75) is 180 Å². The quantitative estimate of drug-likeness (QED) is 0.136. The minimum atomic E-state index is 0.505. The monoisotopic (exact) mass is 452 g/mol. The van der Waals surface area contributed by atoms with E-state index in [2.05, 4.69) is 13.8 Å². The number of hydrogen-bond donors (Lipinski definition) is 0. The van der Waals surface area contributed by atoms with E-state index in [0.29, 0.717) is 12.2 Å². The molecule has 1 aliphatic rings. The molecule has 0 saturated heterocycles. The fraction of sp³-hybridized carbons (Fsp3) is 1.00. The summed E-state index contributed by atoms with van der Waals surface area (Å²) < 4.78 is 12.3. The summed E-state index contributed by atoms with van der Waals surface area (Å²) in [6.07, 6.45) is 33.8. The fourth-order valence-corrected chi connectivity index (χ4v) is 5.04. The van der Waals surface area contributed by atoms with E-state index in [1.54, 1.807) is 0 Å². The molecule has 0 aliphatic heterocycles. The van der Waals surface area contributed by atoms with E-state index < -0.39 is 0 Å². The van der Waals surface area contributed by atoms with Crippen molar-refractivity contribution in [2.75, 3.05) is 13.2 Å². The van der Waals surface area contributed by atoms with Crippen molar-refractivity contribution in [2.24, 2.45) is 0 Å². The molecule has 2 nitrogen and oxygen atoms in total. The van der Waals surface area contributed by atoms with Gasteiger partial charge in [-0.05, 0) is 38.5 Å². The van der Waals surface area contributed by atoms with Crippen molar-refractivity contribution in [3.05, 3.63) is 0 Å². The lowest BCUT2D eigenvalue weighted by molar-refractivity contribution is -0.0327. The van der Waals surface area contributed by atoms with Crippen molar-refractivity contribution >= 4 is 0 Å². The van der Waals surface area contributed by atoms with Crippen LogP contribution in [0.25, 0.3) is 0 Å². The van der Waals surface area contributed by atoms with E-state index in [9.17, 15) is 0 Å². The standard InChI is InChI=1S/C30H60O2/c1-3-5-7-9-11-13-15-17-19-21-27-31-29-23-25-30(26-24-29)32-28-22-20-18-16-14-12-10-8-6-4-2/h29-30H,3-28H2,1-2H3. The predicted octanol–water partition coefficient (Wildman–Crippen LogP) is 10.2. The molecule has 0 spiro atoms. The zero-order chi connectivity index (χ0) is 23.0. The molecular weight excluding hydrogens is 392 g/mol. The third kappa shape index (κ3) is 19.4. The minimum Gasteiger partial charge on any atom is -0.378 e. The highest BCUT2D eigenvalue weighted by Crippen LogP contribution is 2.24. The molecule has 0 heterocycles. The highest BCUT2D eigenvalue weighted by Gasteiger charge is 2.21. The molecule has 0 bridgehead atoms. The summed E-state index contributed by atoms with van der Waals surface area (Å²) >= 11 is 0. The van der Waals surface area contributed by atoms with E-state index in [1.807, 2.05) is 0 Å². The van der Waals surface area contributed by atoms with Gasteiger partial charge in [-0.15, -0.1) is 0 Å². The average molecular weight is 453 g/mol. The van der Waals surface area contributed by atoms with Gasteiger partial charge in [0, 0.05) is 13.2 Å². The van der Waals surface area contributed by atoms with Crippen LogP contribution < -0.4 is 0 Å². The topological polar surface area (TPSA) is 18.5 Å². The smallest absolute Gasteiger partial charge is 0.0577 e. The molecule has 1 aliphatic carbocycles. The van der Waals surface area contributed by atoms with Crippen LogP contribution in [0.4, 0.5) is 0 Å². The SMILES string of the molecule is CCCCCCCCCCCCOC1CCC(OCCCCCCCCCCCC)CC1. The second-order valence-corrected chi connectivity index (χ2v) is 10.5. The Bertz CT molecular complexity index is 315. The maximum atomic E-state index is 6.16. The molecule has 0 amide bonds. The molecule has 0 radical (unpaired) electrons. The van der Waals surface area contributed by atoms with Crippen molar-refractivity contribution in [3.8, 4) is 0 Å². The molecule has 0 N–H and O–H groups in total. The van der Waals surface area contributed by atoms with Crippen LogP contribution in [0.3, 0.4) is 0 Å². The van der Waals surface area contributed by atoms with Crippen LogP contribution in [0.5, 0.6) is 0 Å². The van der Waals surface area contributed by atoms with Crippen molar-refractivity contribution in [1.82, 2.24) is 0 Å². The van der Waals surface area contributed by atoms with E-state index in [0.717, 1.165) is 13.2 Å². The van der Waals surface area contributed by atoms with E-state index in [4.69, 9.17) is 9.47 Å². The molecule has 1 fully saturated rings. The first-order valence-electron chi connectivity index (χ1n) is 15.1. The molecule has 32 heavy (non-hydrogen) atoms. The highest BCUT2D eigenvalue weighted by molar-refractivity contribution is 4.73. The van der Waals surface area contributed by atoms with Crippen LogP contribution in [0.1, 0.15) is 168 Å². The Morgan fingerprint density at radius 3 is 0.906 bits per heavy atom. The van der Waals surface area contributed by atoms with Crippen molar-refractivity contribution in [3.63, 3.8) is 0 Å².